The second kappa shape index (κ2) is 2.83. The lowest BCUT2D eigenvalue weighted by Gasteiger charge is -2.08. The van der Waals surface area contributed by atoms with Crippen LogP contribution >= 0.6 is 0 Å². The zero-order chi connectivity index (χ0) is 9.31. The summed E-state index contributed by atoms with van der Waals surface area (Å²) in [6.45, 7) is 0.645. The van der Waals surface area contributed by atoms with E-state index in [0.29, 0.717) is 13.0 Å². The summed E-state index contributed by atoms with van der Waals surface area (Å²) in [6.07, 6.45) is 5.33. The lowest BCUT2D eigenvalue weighted by atomic mass is 10.0. The second-order valence-electron chi connectivity index (χ2n) is 3.49. The van der Waals surface area contributed by atoms with Crippen molar-refractivity contribution in [3.05, 3.63) is 12.7 Å². The number of aromatic nitrogens is 3. The summed E-state index contributed by atoms with van der Waals surface area (Å²) in [5.74, 6) is -0.674. The van der Waals surface area contributed by atoms with Crippen molar-refractivity contribution in [1.29, 1.82) is 0 Å². The van der Waals surface area contributed by atoms with Crippen molar-refractivity contribution in [2.45, 2.75) is 25.8 Å². The molecule has 0 aliphatic heterocycles. The van der Waals surface area contributed by atoms with Gasteiger partial charge in [0.25, 0.3) is 0 Å². The molecule has 2 rings (SSSR count). The van der Waals surface area contributed by atoms with Crippen LogP contribution in [0.15, 0.2) is 12.7 Å². The van der Waals surface area contributed by atoms with Crippen LogP contribution in [0.2, 0.25) is 0 Å². The van der Waals surface area contributed by atoms with Gasteiger partial charge in [0, 0.05) is 6.54 Å². The maximum Gasteiger partial charge on any atom is 0.309 e. The first-order chi connectivity index (χ1) is 6.23. The van der Waals surface area contributed by atoms with Gasteiger partial charge in [0.1, 0.15) is 12.7 Å². The van der Waals surface area contributed by atoms with Gasteiger partial charge in [-0.2, -0.15) is 5.10 Å². The van der Waals surface area contributed by atoms with E-state index in [1.54, 1.807) is 11.0 Å². The smallest absolute Gasteiger partial charge is 0.309 e. The molecule has 1 heterocycles. The molecule has 13 heavy (non-hydrogen) atoms. The van der Waals surface area contributed by atoms with Crippen LogP contribution in [-0.2, 0) is 11.3 Å². The Morgan fingerprint density at radius 2 is 2.38 bits per heavy atom. The summed E-state index contributed by atoms with van der Waals surface area (Å²) < 4.78 is 1.67. The minimum atomic E-state index is -0.674. The largest absolute Gasteiger partial charge is 0.481 e. The number of carboxylic acid groups (broad SMARTS) is 1. The van der Waals surface area contributed by atoms with Gasteiger partial charge in [0.2, 0.25) is 0 Å². The Balaban J connectivity index is 1.90. The summed E-state index contributed by atoms with van der Waals surface area (Å²) in [5, 5.41) is 12.8. The van der Waals surface area contributed by atoms with Crippen LogP contribution in [0.25, 0.3) is 0 Å². The fourth-order valence-electron chi connectivity index (χ4n) is 1.40. The Bertz CT molecular complexity index is 303. The van der Waals surface area contributed by atoms with Gasteiger partial charge in [-0.1, -0.05) is 0 Å². The summed E-state index contributed by atoms with van der Waals surface area (Å²) in [5.41, 5.74) is -0.452. The number of rotatable bonds is 4. The Morgan fingerprint density at radius 1 is 1.62 bits per heavy atom. The summed E-state index contributed by atoms with van der Waals surface area (Å²) >= 11 is 0. The third-order valence-electron chi connectivity index (χ3n) is 2.59. The van der Waals surface area contributed by atoms with E-state index in [9.17, 15) is 4.79 Å². The quantitative estimate of drug-likeness (QED) is 0.735. The average Bonchev–Trinajstić information content (AvgIpc) is 2.73. The van der Waals surface area contributed by atoms with Crippen LogP contribution in [0.3, 0.4) is 0 Å². The lowest BCUT2D eigenvalue weighted by molar-refractivity contribution is -0.143. The van der Waals surface area contributed by atoms with Crippen molar-refractivity contribution in [2.24, 2.45) is 5.41 Å². The fraction of sp³-hybridized carbons (Fsp3) is 0.625. The van der Waals surface area contributed by atoms with Gasteiger partial charge in [-0.3, -0.25) is 9.48 Å². The van der Waals surface area contributed by atoms with Crippen LogP contribution in [0.5, 0.6) is 0 Å². The highest BCUT2D eigenvalue weighted by Gasteiger charge is 2.49. The van der Waals surface area contributed by atoms with Crippen molar-refractivity contribution < 1.29 is 9.90 Å². The predicted octanol–water partition coefficient (Wildman–Crippen LogP) is 0.533. The molecule has 0 radical (unpaired) electrons. The van der Waals surface area contributed by atoms with Crippen molar-refractivity contribution >= 4 is 5.97 Å². The van der Waals surface area contributed by atoms with Gasteiger partial charge in [-0.05, 0) is 19.3 Å². The maximum absolute atomic E-state index is 10.8. The first kappa shape index (κ1) is 8.22. The summed E-state index contributed by atoms with van der Waals surface area (Å²) in [6, 6.07) is 0. The van der Waals surface area contributed by atoms with Crippen molar-refractivity contribution in [3.8, 4) is 0 Å². The van der Waals surface area contributed by atoms with E-state index in [1.807, 2.05) is 0 Å². The number of nitrogens with zero attached hydrogens (tertiary/aromatic N) is 3. The molecule has 1 saturated carbocycles. The normalized spacial score (nSPS) is 18.5. The van der Waals surface area contributed by atoms with Gasteiger partial charge in [-0.15, -0.1) is 0 Å². The van der Waals surface area contributed by atoms with E-state index in [1.165, 1.54) is 6.33 Å². The van der Waals surface area contributed by atoms with Crippen LogP contribution in [0, 0.1) is 5.41 Å². The summed E-state index contributed by atoms with van der Waals surface area (Å²) in [4.78, 5) is 14.6. The number of hydrogen-bond acceptors (Lipinski definition) is 3. The highest BCUT2D eigenvalue weighted by Crippen LogP contribution is 2.49. The van der Waals surface area contributed by atoms with E-state index in [0.717, 1.165) is 12.8 Å². The van der Waals surface area contributed by atoms with Gasteiger partial charge in [0.05, 0.1) is 5.41 Å². The number of aliphatic carboxylic acids is 1. The molecule has 5 nitrogen and oxygen atoms in total. The van der Waals surface area contributed by atoms with E-state index >= 15 is 0 Å². The van der Waals surface area contributed by atoms with Gasteiger partial charge in [-0.25, -0.2) is 4.98 Å². The molecule has 0 aromatic carbocycles. The highest BCUT2D eigenvalue weighted by molar-refractivity contribution is 5.77. The zero-order valence-corrected chi connectivity index (χ0v) is 7.18. The standard InChI is InChI=1S/C8H11N3O2/c12-7(13)8(1-2-8)3-4-11-6-9-5-10-11/h5-6H,1-4H2,(H,12,13). The number of hydrogen-bond donors (Lipinski definition) is 1. The molecule has 1 fully saturated rings. The number of carbonyl (C=O) groups is 1. The molecule has 1 aromatic rings. The van der Waals surface area contributed by atoms with E-state index < -0.39 is 11.4 Å². The van der Waals surface area contributed by atoms with Crippen LogP contribution < -0.4 is 0 Å². The molecule has 0 bridgehead atoms. The Kier molecular flexibility index (Phi) is 1.79. The number of carboxylic acids is 1. The predicted molar refractivity (Wildman–Crippen MR) is 43.9 cm³/mol. The molecule has 0 saturated heterocycles. The molecule has 5 heteroatoms. The molecule has 0 atom stereocenters. The molecular weight excluding hydrogens is 170 g/mol. The average molecular weight is 181 g/mol. The Hall–Kier alpha value is -1.39. The van der Waals surface area contributed by atoms with Gasteiger partial charge < -0.3 is 5.11 Å². The molecule has 0 amide bonds. The first-order valence-electron chi connectivity index (χ1n) is 4.29. The topological polar surface area (TPSA) is 68.0 Å². The number of aryl methyl sites for hydroxylation is 1. The minimum absolute atomic E-state index is 0.452. The van der Waals surface area contributed by atoms with Gasteiger partial charge in [0.15, 0.2) is 0 Å². The fourth-order valence-corrected chi connectivity index (χ4v) is 1.40. The zero-order valence-electron chi connectivity index (χ0n) is 7.18. The third kappa shape index (κ3) is 1.54. The van der Waals surface area contributed by atoms with E-state index in [-0.39, 0.29) is 0 Å². The third-order valence-corrected chi connectivity index (χ3v) is 2.59. The maximum atomic E-state index is 10.8. The molecule has 70 valence electrons. The van der Waals surface area contributed by atoms with E-state index in [4.69, 9.17) is 5.11 Å². The molecule has 1 aliphatic rings. The molecule has 0 unspecified atom stereocenters. The van der Waals surface area contributed by atoms with Crippen molar-refractivity contribution in [2.75, 3.05) is 0 Å². The van der Waals surface area contributed by atoms with E-state index in [2.05, 4.69) is 10.1 Å². The van der Waals surface area contributed by atoms with Crippen molar-refractivity contribution in [3.63, 3.8) is 0 Å². The lowest BCUT2D eigenvalue weighted by Crippen LogP contribution is -2.17. The molecule has 1 aliphatic carbocycles. The second-order valence-corrected chi connectivity index (χ2v) is 3.49. The van der Waals surface area contributed by atoms with Gasteiger partial charge >= 0.3 is 5.97 Å². The molecule has 1 N–H and O–H groups in total. The Labute approximate surface area is 75.4 Å². The summed E-state index contributed by atoms with van der Waals surface area (Å²) in [7, 11) is 0. The highest BCUT2D eigenvalue weighted by atomic mass is 16.4. The monoisotopic (exact) mass is 181 g/mol. The SMILES string of the molecule is O=C(O)C1(CCn2cncn2)CC1. The van der Waals surface area contributed by atoms with Crippen molar-refractivity contribution in [1.82, 2.24) is 14.8 Å². The Morgan fingerprint density at radius 3 is 2.85 bits per heavy atom. The van der Waals surface area contributed by atoms with Crippen LogP contribution in [0.4, 0.5) is 0 Å². The first-order valence-corrected chi connectivity index (χ1v) is 4.29. The van der Waals surface area contributed by atoms with Crippen LogP contribution in [-0.4, -0.2) is 25.8 Å². The molecular formula is C8H11N3O2. The van der Waals surface area contributed by atoms with Crippen LogP contribution in [0.1, 0.15) is 19.3 Å². The minimum Gasteiger partial charge on any atom is -0.481 e. The molecule has 0 spiro atoms. The molecule has 1 aromatic heterocycles.